The monoisotopic (exact) mass is 647 g/mol. The van der Waals surface area contributed by atoms with E-state index in [0.29, 0.717) is 29.6 Å². The average molecular weight is 648 g/mol. The molecule has 7 rings (SSSR count). The van der Waals surface area contributed by atoms with Crippen molar-refractivity contribution in [2.24, 2.45) is 5.92 Å². The summed E-state index contributed by atoms with van der Waals surface area (Å²) in [5.74, 6) is 3.00. The number of rotatable bonds is 11. The van der Waals surface area contributed by atoms with Crippen molar-refractivity contribution < 1.29 is 4.74 Å². The van der Waals surface area contributed by atoms with Crippen molar-refractivity contribution >= 4 is 45.9 Å². The summed E-state index contributed by atoms with van der Waals surface area (Å²) in [6.45, 7) is 15.3. The molecule has 2 aromatic heterocycles. The largest absolute Gasteiger partial charge is 0.494 e. The zero-order valence-electron chi connectivity index (χ0n) is 28.9. The molecule has 48 heavy (non-hydrogen) atoms. The van der Waals surface area contributed by atoms with Crippen molar-refractivity contribution in [3.8, 4) is 5.75 Å². The number of hydrogen-bond donors (Lipinski definition) is 2. The molecule has 1 saturated carbocycles. The van der Waals surface area contributed by atoms with Crippen LogP contribution in [0, 0.1) is 5.92 Å². The summed E-state index contributed by atoms with van der Waals surface area (Å²) in [6.07, 6.45) is 12.8. The Labute approximate surface area is 284 Å². The molecule has 10 nitrogen and oxygen atoms in total. The second-order valence-electron chi connectivity index (χ2n) is 14.0. The van der Waals surface area contributed by atoms with Crippen molar-refractivity contribution in [2.75, 3.05) is 69.0 Å². The topological polar surface area (TPSA) is 94.6 Å². The van der Waals surface area contributed by atoms with Crippen LogP contribution in [0.1, 0.15) is 62.1 Å². The summed E-state index contributed by atoms with van der Waals surface area (Å²) < 4.78 is 5.99. The van der Waals surface area contributed by atoms with Gasteiger partial charge in [0.2, 0.25) is 5.95 Å². The maximum Gasteiger partial charge on any atom is 0.229 e. The molecule has 4 aromatic rings. The van der Waals surface area contributed by atoms with E-state index in [1.54, 1.807) is 31.8 Å². The van der Waals surface area contributed by atoms with Gasteiger partial charge in [-0.2, -0.15) is 4.98 Å². The van der Waals surface area contributed by atoms with Gasteiger partial charge in [0, 0.05) is 92.5 Å². The number of benzene rings is 2. The highest BCUT2D eigenvalue weighted by Gasteiger charge is 2.32. The molecule has 2 aliphatic heterocycles. The molecule has 2 saturated heterocycles. The van der Waals surface area contributed by atoms with E-state index in [4.69, 9.17) is 9.72 Å². The predicted octanol–water partition coefficient (Wildman–Crippen LogP) is 6.85. The predicted molar refractivity (Wildman–Crippen MR) is 196 cm³/mol. The Morgan fingerprint density at radius 2 is 1.71 bits per heavy atom. The van der Waals surface area contributed by atoms with Crippen molar-refractivity contribution in [1.29, 1.82) is 0 Å². The van der Waals surface area contributed by atoms with Gasteiger partial charge in [-0.3, -0.25) is 14.9 Å². The molecule has 2 N–H and O–H groups in total. The van der Waals surface area contributed by atoms with Gasteiger partial charge in [0.05, 0.1) is 23.8 Å². The summed E-state index contributed by atoms with van der Waals surface area (Å²) in [5, 5.41) is 7.10. The zero-order valence-corrected chi connectivity index (χ0v) is 28.9. The van der Waals surface area contributed by atoms with Crippen LogP contribution in [-0.4, -0.2) is 89.2 Å². The average Bonchev–Trinajstić information content (AvgIpc) is 3.95. The number of ether oxygens (including phenoxy) is 1. The van der Waals surface area contributed by atoms with Crippen LogP contribution in [0.15, 0.2) is 49.4 Å². The van der Waals surface area contributed by atoms with Crippen LogP contribution in [0.2, 0.25) is 0 Å². The summed E-state index contributed by atoms with van der Waals surface area (Å²) in [6, 6.07) is 9.26. The van der Waals surface area contributed by atoms with Crippen LogP contribution in [-0.2, 0) is 6.42 Å². The fourth-order valence-electron chi connectivity index (χ4n) is 7.28. The number of anilines is 5. The number of likely N-dealkylation sites (N-methyl/N-ethyl adjacent to an activating group) is 1. The molecule has 3 aliphatic rings. The summed E-state index contributed by atoms with van der Waals surface area (Å²) in [7, 11) is 3.98. The SMILES string of the molecule is C=Cc1cnc(Nc2cc(C3CC3)c(N3CCC(N4CCN(C)CC4)CC3)cc2OC)nc1Nc1ccc2nccnc2c1CC(C)C. The van der Waals surface area contributed by atoms with Gasteiger partial charge in [0.25, 0.3) is 0 Å². The van der Waals surface area contributed by atoms with E-state index in [9.17, 15) is 0 Å². The molecule has 1 aliphatic carbocycles. The number of aromatic nitrogens is 4. The molecule has 0 amide bonds. The minimum absolute atomic E-state index is 0.444. The first kappa shape index (κ1) is 32.3. The minimum atomic E-state index is 0.444. The van der Waals surface area contributed by atoms with Crippen LogP contribution in [0.25, 0.3) is 17.1 Å². The van der Waals surface area contributed by atoms with E-state index in [1.165, 1.54) is 63.1 Å². The number of piperazine rings is 1. The molecule has 10 heteroatoms. The smallest absolute Gasteiger partial charge is 0.229 e. The van der Waals surface area contributed by atoms with Gasteiger partial charge in [-0.25, -0.2) is 4.98 Å². The highest BCUT2D eigenvalue weighted by atomic mass is 16.5. The zero-order chi connectivity index (χ0) is 33.2. The highest BCUT2D eigenvalue weighted by molar-refractivity contribution is 5.86. The van der Waals surface area contributed by atoms with Crippen LogP contribution >= 0.6 is 0 Å². The lowest BCUT2D eigenvalue weighted by Crippen LogP contribution is -2.52. The van der Waals surface area contributed by atoms with Crippen molar-refractivity contribution in [3.05, 3.63) is 66.1 Å². The number of methoxy groups -OCH3 is 1. The Kier molecular flexibility index (Phi) is 9.45. The van der Waals surface area contributed by atoms with Crippen LogP contribution in [0.4, 0.5) is 28.8 Å². The molecule has 0 radical (unpaired) electrons. The Morgan fingerprint density at radius 1 is 0.938 bits per heavy atom. The maximum atomic E-state index is 5.99. The third-order valence-corrected chi connectivity index (χ3v) is 10.1. The van der Waals surface area contributed by atoms with E-state index in [0.717, 1.165) is 58.8 Å². The van der Waals surface area contributed by atoms with E-state index >= 15 is 0 Å². The number of hydrogen-bond acceptors (Lipinski definition) is 10. The summed E-state index contributed by atoms with van der Waals surface area (Å²) in [4.78, 5) is 26.6. The first-order valence-electron chi connectivity index (χ1n) is 17.6. The lowest BCUT2D eigenvalue weighted by molar-refractivity contribution is 0.0982. The van der Waals surface area contributed by atoms with Crippen LogP contribution in [0.5, 0.6) is 5.75 Å². The Hall–Kier alpha value is -4.28. The van der Waals surface area contributed by atoms with Gasteiger partial charge in [0.1, 0.15) is 11.6 Å². The van der Waals surface area contributed by atoms with Gasteiger partial charge < -0.3 is 25.2 Å². The van der Waals surface area contributed by atoms with E-state index in [-0.39, 0.29) is 0 Å². The minimum Gasteiger partial charge on any atom is -0.494 e. The lowest BCUT2D eigenvalue weighted by atomic mass is 9.99. The molecule has 252 valence electrons. The van der Waals surface area contributed by atoms with Crippen molar-refractivity contribution in [1.82, 2.24) is 29.7 Å². The third kappa shape index (κ3) is 6.96. The van der Waals surface area contributed by atoms with E-state index in [2.05, 4.69) is 86.0 Å². The standard InChI is InChI=1S/C38H49N9O/c1-6-26-24-41-38(44-37(26)42-31-9-10-32-36(40-14-13-39-32)30(31)21-25(2)3)43-33-22-29(27-7-8-27)34(23-35(33)48-5)47-15-11-28(12-16-47)46-19-17-45(4)18-20-46/h6,9-10,13-14,22-25,27-28H,1,7-8,11-12,15-21H2,2-5H3,(H2,41,42,43,44). The summed E-state index contributed by atoms with van der Waals surface area (Å²) in [5.41, 5.74) is 8.29. The number of nitrogens with zero attached hydrogens (tertiary/aromatic N) is 7. The van der Waals surface area contributed by atoms with Gasteiger partial charge in [-0.05, 0) is 74.8 Å². The Bertz CT molecular complexity index is 1760. The van der Waals surface area contributed by atoms with E-state index in [1.807, 2.05) is 6.07 Å². The first-order valence-corrected chi connectivity index (χ1v) is 17.6. The fraction of sp³-hybridized carbons (Fsp3) is 0.474. The van der Waals surface area contributed by atoms with Crippen molar-refractivity contribution in [2.45, 2.75) is 57.9 Å². The molecular weight excluding hydrogens is 598 g/mol. The molecular formula is C38H49N9O. The number of piperidine rings is 1. The molecule has 0 atom stereocenters. The quantitative estimate of drug-likeness (QED) is 0.180. The molecule has 2 aromatic carbocycles. The molecule has 0 unspecified atom stereocenters. The Balaban J connectivity index is 1.14. The number of fused-ring (bicyclic) bond motifs is 1. The second kappa shape index (κ2) is 14.1. The van der Waals surface area contributed by atoms with E-state index < -0.39 is 0 Å². The van der Waals surface area contributed by atoms with Crippen LogP contribution in [0.3, 0.4) is 0 Å². The van der Waals surface area contributed by atoms with Gasteiger partial charge in [0.15, 0.2) is 0 Å². The fourth-order valence-corrected chi connectivity index (χ4v) is 7.28. The number of nitrogens with one attached hydrogen (secondary N) is 2. The highest BCUT2D eigenvalue weighted by Crippen LogP contribution is 2.48. The van der Waals surface area contributed by atoms with Crippen molar-refractivity contribution in [3.63, 3.8) is 0 Å². The normalized spacial score (nSPS) is 18.0. The molecule has 4 heterocycles. The molecule has 3 fully saturated rings. The molecule has 0 bridgehead atoms. The second-order valence-corrected chi connectivity index (χ2v) is 14.0. The van der Waals surface area contributed by atoms with Crippen LogP contribution < -0.4 is 20.3 Å². The van der Waals surface area contributed by atoms with Gasteiger partial charge in [-0.1, -0.05) is 26.5 Å². The van der Waals surface area contributed by atoms with Gasteiger partial charge in [-0.15, -0.1) is 0 Å². The molecule has 0 spiro atoms. The lowest BCUT2D eigenvalue weighted by Gasteiger charge is -2.43. The Morgan fingerprint density at radius 3 is 2.42 bits per heavy atom. The van der Waals surface area contributed by atoms with Gasteiger partial charge >= 0.3 is 0 Å². The first-order chi connectivity index (χ1) is 23.4. The third-order valence-electron chi connectivity index (χ3n) is 10.1. The summed E-state index contributed by atoms with van der Waals surface area (Å²) >= 11 is 0. The maximum absolute atomic E-state index is 5.99.